The van der Waals surface area contributed by atoms with Crippen molar-refractivity contribution < 1.29 is 4.79 Å². The normalized spacial score (nSPS) is 10.2. The monoisotopic (exact) mass is 362 g/mol. The molecule has 3 aromatic rings. The number of hydrogen-bond acceptors (Lipinski definition) is 4. The molecule has 6 heteroatoms. The van der Waals surface area contributed by atoms with Crippen LogP contribution in [0.25, 0.3) is 11.1 Å². The molecule has 3 rings (SSSR count). The quantitative estimate of drug-likeness (QED) is 0.698. The van der Waals surface area contributed by atoms with Crippen LogP contribution in [0.3, 0.4) is 0 Å². The average Bonchev–Trinajstić information content (AvgIpc) is 2.69. The van der Waals surface area contributed by atoms with Gasteiger partial charge in [0.05, 0.1) is 5.69 Å². The van der Waals surface area contributed by atoms with Crippen molar-refractivity contribution in [2.24, 2.45) is 0 Å². The summed E-state index contributed by atoms with van der Waals surface area (Å²) < 4.78 is 0. The summed E-state index contributed by atoms with van der Waals surface area (Å²) in [6.07, 6.45) is 1.72. The van der Waals surface area contributed by atoms with Crippen LogP contribution in [0.5, 0.6) is 0 Å². The number of nitrogen functional groups attached to an aromatic ring is 1. The molecule has 0 atom stereocenters. The van der Waals surface area contributed by atoms with Gasteiger partial charge >= 0.3 is 0 Å². The third-order valence-electron chi connectivity index (χ3n) is 3.93. The zero-order chi connectivity index (χ0) is 18.5. The SMILES string of the molecule is CN(C(=S)NC(=O)c1ccccc1)c1cc(-c2ccccc2)cnc1N. The van der Waals surface area contributed by atoms with Crippen molar-refractivity contribution in [1.29, 1.82) is 0 Å². The first-order chi connectivity index (χ1) is 12.6. The number of benzene rings is 2. The Morgan fingerprint density at radius 2 is 1.65 bits per heavy atom. The number of amides is 1. The van der Waals surface area contributed by atoms with Crippen molar-refractivity contribution in [3.05, 3.63) is 78.5 Å². The van der Waals surface area contributed by atoms with Crippen molar-refractivity contribution in [2.75, 3.05) is 17.7 Å². The van der Waals surface area contributed by atoms with Gasteiger partial charge in [0.2, 0.25) is 0 Å². The van der Waals surface area contributed by atoms with Gasteiger partial charge in [0.25, 0.3) is 5.91 Å². The second-order valence-electron chi connectivity index (χ2n) is 5.68. The van der Waals surface area contributed by atoms with Gasteiger partial charge in [0.15, 0.2) is 5.11 Å². The molecule has 0 saturated carbocycles. The predicted octanol–water partition coefficient (Wildman–Crippen LogP) is 3.48. The summed E-state index contributed by atoms with van der Waals surface area (Å²) in [7, 11) is 1.75. The molecule has 26 heavy (non-hydrogen) atoms. The number of carbonyl (C=O) groups excluding carboxylic acids is 1. The molecule has 0 unspecified atom stereocenters. The summed E-state index contributed by atoms with van der Waals surface area (Å²) in [5.74, 6) is 0.0664. The minimum absolute atomic E-state index is 0.248. The summed E-state index contributed by atoms with van der Waals surface area (Å²) in [5.41, 5.74) is 9.12. The van der Waals surface area contributed by atoms with Crippen LogP contribution in [-0.4, -0.2) is 23.1 Å². The van der Waals surface area contributed by atoms with E-state index in [9.17, 15) is 4.79 Å². The maximum absolute atomic E-state index is 12.3. The molecule has 0 aliphatic rings. The molecule has 3 N–H and O–H groups in total. The van der Waals surface area contributed by atoms with E-state index in [1.54, 1.807) is 42.4 Å². The molecule has 0 aliphatic carbocycles. The molecule has 0 saturated heterocycles. The maximum Gasteiger partial charge on any atom is 0.257 e. The number of pyridine rings is 1. The number of rotatable bonds is 3. The fraction of sp³-hybridized carbons (Fsp3) is 0.0500. The van der Waals surface area contributed by atoms with Crippen LogP contribution in [-0.2, 0) is 0 Å². The van der Waals surface area contributed by atoms with Gasteiger partial charge in [0.1, 0.15) is 5.82 Å². The van der Waals surface area contributed by atoms with Crippen molar-refractivity contribution in [1.82, 2.24) is 10.3 Å². The molecular weight excluding hydrogens is 344 g/mol. The second kappa shape index (κ2) is 7.76. The van der Waals surface area contributed by atoms with E-state index >= 15 is 0 Å². The number of carbonyl (C=O) groups is 1. The molecule has 0 radical (unpaired) electrons. The Morgan fingerprint density at radius 3 is 2.31 bits per heavy atom. The molecule has 5 nitrogen and oxygen atoms in total. The molecule has 0 spiro atoms. The first kappa shape index (κ1) is 17.6. The van der Waals surface area contributed by atoms with E-state index < -0.39 is 0 Å². The van der Waals surface area contributed by atoms with E-state index in [1.807, 2.05) is 42.5 Å². The lowest BCUT2D eigenvalue weighted by Crippen LogP contribution is -2.41. The van der Waals surface area contributed by atoms with E-state index in [1.165, 1.54) is 0 Å². The van der Waals surface area contributed by atoms with Crippen LogP contribution < -0.4 is 16.0 Å². The van der Waals surface area contributed by atoms with E-state index in [4.69, 9.17) is 18.0 Å². The number of anilines is 2. The Labute approximate surface area is 157 Å². The topological polar surface area (TPSA) is 71.2 Å². The Hall–Kier alpha value is -3.25. The van der Waals surface area contributed by atoms with Crippen LogP contribution >= 0.6 is 12.2 Å². The van der Waals surface area contributed by atoms with Crippen LogP contribution in [0.1, 0.15) is 10.4 Å². The lowest BCUT2D eigenvalue weighted by Gasteiger charge is -2.22. The van der Waals surface area contributed by atoms with Crippen LogP contribution in [0.4, 0.5) is 11.5 Å². The van der Waals surface area contributed by atoms with Crippen LogP contribution in [0.2, 0.25) is 0 Å². The minimum Gasteiger partial charge on any atom is -0.382 e. The summed E-state index contributed by atoms with van der Waals surface area (Å²) in [6.45, 7) is 0. The molecule has 0 bridgehead atoms. The molecule has 130 valence electrons. The summed E-state index contributed by atoms with van der Waals surface area (Å²) in [6, 6.07) is 20.7. The third kappa shape index (κ3) is 3.87. The third-order valence-corrected chi connectivity index (χ3v) is 4.30. The van der Waals surface area contributed by atoms with Crippen molar-refractivity contribution in [3.63, 3.8) is 0 Å². The Balaban J connectivity index is 1.81. The lowest BCUT2D eigenvalue weighted by atomic mass is 10.1. The molecular formula is C20H18N4OS. The van der Waals surface area contributed by atoms with E-state index in [2.05, 4.69) is 10.3 Å². The minimum atomic E-state index is -0.270. The summed E-state index contributed by atoms with van der Waals surface area (Å²) >= 11 is 5.37. The first-order valence-electron chi connectivity index (χ1n) is 8.01. The highest BCUT2D eigenvalue weighted by molar-refractivity contribution is 7.80. The van der Waals surface area contributed by atoms with E-state index in [0.717, 1.165) is 11.1 Å². The van der Waals surface area contributed by atoms with Crippen molar-refractivity contribution >= 4 is 34.7 Å². The molecule has 0 fully saturated rings. The number of nitrogens with zero attached hydrogens (tertiary/aromatic N) is 2. The first-order valence-corrected chi connectivity index (χ1v) is 8.42. The highest BCUT2D eigenvalue weighted by atomic mass is 32.1. The van der Waals surface area contributed by atoms with Gasteiger partial charge in [-0.3, -0.25) is 10.1 Å². The number of hydrogen-bond donors (Lipinski definition) is 2. The number of nitrogens with one attached hydrogen (secondary N) is 1. The van der Waals surface area contributed by atoms with Crippen molar-refractivity contribution in [2.45, 2.75) is 0 Å². The Kier molecular flexibility index (Phi) is 5.24. The predicted molar refractivity (Wildman–Crippen MR) is 109 cm³/mol. The van der Waals surface area contributed by atoms with Gasteiger partial charge in [-0.25, -0.2) is 4.98 Å². The van der Waals surface area contributed by atoms with Crippen molar-refractivity contribution in [3.8, 4) is 11.1 Å². The Morgan fingerprint density at radius 1 is 1.04 bits per heavy atom. The number of nitrogens with two attached hydrogens (primary N) is 1. The zero-order valence-corrected chi connectivity index (χ0v) is 15.0. The molecule has 1 amide bonds. The standard InChI is InChI=1S/C20H18N4OS/c1-24(20(26)23-19(25)15-10-6-3-7-11-15)17-12-16(13-22-18(17)21)14-8-4-2-5-9-14/h2-13H,1H3,(H2,21,22)(H,23,25,26). The maximum atomic E-state index is 12.3. The van der Waals surface area contributed by atoms with Gasteiger partial charge in [-0.15, -0.1) is 0 Å². The zero-order valence-electron chi connectivity index (χ0n) is 14.2. The highest BCUT2D eigenvalue weighted by Gasteiger charge is 2.15. The highest BCUT2D eigenvalue weighted by Crippen LogP contribution is 2.27. The molecule has 2 aromatic carbocycles. The smallest absolute Gasteiger partial charge is 0.257 e. The molecule has 1 aromatic heterocycles. The van der Waals surface area contributed by atoms with E-state index in [-0.39, 0.29) is 11.0 Å². The van der Waals surface area contributed by atoms with Gasteiger partial charge in [-0.05, 0) is 36.0 Å². The number of thiocarbonyl (C=S) groups is 1. The average molecular weight is 362 g/mol. The van der Waals surface area contributed by atoms with Gasteiger partial charge in [0, 0.05) is 24.4 Å². The summed E-state index contributed by atoms with van der Waals surface area (Å²) in [5, 5.41) is 2.96. The second-order valence-corrected chi connectivity index (χ2v) is 6.07. The largest absolute Gasteiger partial charge is 0.382 e. The fourth-order valence-electron chi connectivity index (χ4n) is 2.47. The number of aromatic nitrogens is 1. The van der Waals surface area contributed by atoms with Crippen LogP contribution in [0.15, 0.2) is 72.9 Å². The van der Waals surface area contributed by atoms with Gasteiger partial charge < -0.3 is 10.6 Å². The van der Waals surface area contributed by atoms with Gasteiger partial charge in [-0.1, -0.05) is 48.5 Å². The summed E-state index contributed by atoms with van der Waals surface area (Å²) in [4.78, 5) is 18.2. The molecule has 0 aliphatic heterocycles. The van der Waals surface area contributed by atoms with Gasteiger partial charge in [-0.2, -0.15) is 0 Å². The molecule has 1 heterocycles. The van der Waals surface area contributed by atoms with E-state index in [0.29, 0.717) is 17.1 Å². The fourth-order valence-corrected chi connectivity index (χ4v) is 2.66. The lowest BCUT2D eigenvalue weighted by molar-refractivity contribution is 0.0977. The Bertz CT molecular complexity index is 929. The van der Waals surface area contributed by atoms with Crippen LogP contribution in [0, 0.1) is 0 Å².